The van der Waals surface area contributed by atoms with Gasteiger partial charge in [-0.2, -0.15) is 0 Å². The first kappa shape index (κ1) is 51.5. The van der Waals surface area contributed by atoms with Crippen LogP contribution in [0, 0.1) is 50.2 Å². The fraction of sp³-hybridized carbons (Fsp3) is 0.918. The molecule has 3 heterocycles. The van der Waals surface area contributed by atoms with Gasteiger partial charge in [-0.3, -0.25) is 9.59 Å². The van der Waals surface area contributed by atoms with Crippen LogP contribution in [0.25, 0.3) is 0 Å². The Balaban J connectivity index is 1.01. The highest BCUT2D eigenvalue weighted by atomic mass is 16.8. The first-order valence-corrected chi connectivity index (χ1v) is 24.6. The average Bonchev–Trinajstić information content (AvgIpc) is 3.24. The Morgan fingerprint density at radius 2 is 1.46 bits per heavy atom. The molecular weight excluding hydrogens is 875 g/mol. The molecule has 18 nitrogen and oxygen atoms in total. The first-order valence-electron chi connectivity index (χ1n) is 24.6. The van der Waals surface area contributed by atoms with Crippen molar-refractivity contribution >= 4 is 11.9 Å². The molecular formula is C49H79NO17. The van der Waals surface area contributed by atoms with E-state index in [0.717, 1.165) is 38.5 Å². The van der Waals surface area contributed by atoms with E-state index >= 15 is 0 Å². The number of ether oxygens (including phenoxy) is 6. The number of rotatable bonds is 9. The topological polar surface area (TPSA) is 284 Å². The van der Waals surface area contributed by atoms with Crippen molar-refractivity contribution in [2.75, 3.05) is 13.2 Å². The van der Waals surface area contributed by atoms with Crippen molar-refractivity contribution in [1.29, 1.82) is 0 Å². The van der Waals surface area contributed by atoms with Gasteiger partial charge in [0.05, 0.1) is 31.5 Å². The van der Waals surface area contributed by atoms with Gasteiger partial charge in [0.15, 0.2) is 18.9 Å². The molecule has 0 radical (unpaired) electrons. The highest BCUT2D eigenvalue weighted by Crippen LogP contribution is 2.76. The lowest BCUT2D eigenvalue weighted by Crippen LogP contribution is -2.68. The molecule has 7 fully saturated rings. The summed E-state index contributed by atoms with van der Waals surface area (Å²) in [6, 6.07) is -1.17. The number of aliphatic hydroxyl groups excluding tert-OH is 8. The molecule has 1 amide bonds. The molecule has 5 aliphatic carbocycles. The van der Waals surface area contributed by atoms with Crippen molar-refractivity contribution in [2.45, 2.75) is 218 Å². The van der Waals surface area contributed by atoms with Crippen LogP contribution < -0.4 is 5.32 Å². The van der Waals surface area contributed by atoms with Gasteiger partial charge in [-0.1, -0.05) is 60.1 Å². The molecule has 0 spiro atoms. The third-order valence-electron chi connectivity index (χ3n) is 19.3. The molecule has 8 aliphatic rings. The zero-order chi connectivity index (χ0) is 49.1. The van der Waals surface area contributed by atoms with Gasteiger partial charge in [-0.05, 0) is 110 Å². The Morgan fingerprint density at radius 1 is 0.761 bits per heavy atom. The Kier molecular flexibility index (Phi) is 13.8. The Labute approximate surface area is 393 Å². The van der Waals surface area contributed by atoms with E-state index in [0.29, 0.717) is 19.3 Å². The van der Waals surface area contributed by atoms with Gasteiger partial charge in [-0.15, -0.1) is 0 Å². The number of carbonyl (C=O) groups excluding carboxylic acids is 1. The monoisotopic (exact) mass is 954 g/mol. The number of allylic oxidation sites excluding steroid dienone is 2. The van der Waals surface area contributed by atoms with Gasteiger partial charge < -0.3 is 79.7 Å². The van der Waals surface area contributed by atoms with Crippen molar-refractivity contribution in [3.8, 4) is 0 Å². The van der Waals surface area contributed by atoms with Crippen LogP contribution in [0.1, 0.15) is 120 Å². The number of aliphatic carboxylic acids is 1. The van der Waals surface area contributed by atoms with Crippen LogP contribution in [0.2, 0.25) is 0 Å². The van der Waals surface area contributed by atoms with Crippen LogP contribution in [-0.4, -0.2) is 169 Å². The lowest BCUT2D eigenvalue weighted by atomic mass is 9.33. The quantitative estimate of drug-likeness (QED) is 0.116. The van der Waals surface area contributed by atoms with Crippen molar-refractivity contribution in [3.05, 3.63) is 11.6 Å². The summed E-state index contributed by atoms with van der Waals surface area (Å²) in [5, 5.41) is 101. The fourth-order valence-electron chi connectivity index (χ4n) is 15.2. The van der Waals surface area contributed by atoms with Crippen molar-refractivity contribution in [2.24, 2.45) is 50.2 Å². The number of fused-ring (bicyclic) bond motifs is 7. The molecule has 18 heteroatoms. The van der Waals surface area contributed by atoms with Gasteiger partial charge in [0, 0.05) is 6.92 Å². The summed E-state index contributed by atoms with van der Waals surface area (Å²) in [7, 11) is 0. The molecule has 0 aromatic rings. The van der Waals surface area contributed by atoms with Gasteiger partial charge in [-0.25, -0.2) is 0 Å². The highest BCUT2D eigenvalue weighted by molar-refractivity contribution is 5.77. The lowest BCUT2D eigenvalue weighted by molar-refractivity contribution is -0.361. The minimum atomic E-state index is -1.72. The molecule has 0 bridgehead atoms. The number of carboxylic acid groups (broad SMARTS) is 1. The van der Waals surface area contributed by atoms with Crippen LogP contribution in [0.5, 0.6) is 0 Å². The standard InChI is InChI=1S/C49H79NO17/c1-22-33(54)37(58)39(67-41-38(59)34(55)26(52)20-62-41)42(64-22)63-21-27-35(56)36(57)32(50-23(2)51)40(65-27)66-31-13-14-46(7)28(45(31,5)6)12-15-47(8)29(46)11-10-24-25-18-44(3,4)16-17-49(25,43(60)61)30(53)19-48(24,47)9/h10,22,25-42,52-59H,11-21H2,1-9H3,(H,50,51)(H,60,61)/t22-,25+,26+,27-,28+,29-,30-,31+,32-,33+,34+,35-,36-,37+,38-,39-,40+,41+,42-,46+,47-,48-,49-/m1/s1. The zero-order valence-electron chi connectivity index (χ0n) is 40.6. The van der Waals surface area contributed by atoms with E-state index in [1.54, 1.807) is 0 Å². The summed E-state index contributed by atoms with van der Waals surface area (Å²) < 4.78 is 36.4. The number of carboxylic acids is 1. The van der Waals surface area contributed by atoms with Crippen LogP contribution in [0.15, 0.2) is 11.6 Å². The molecule has 67 heavy (non-hydrogen) atoms. The maximum absolute atomic E-state index is 13.2. The Morgan fingerprint density at radius 3 is 2.13 bits per heavy atom. The summed E-state index contributed by atoms with van der Waals surface area (Å²) in [4.78, 5) is 25.8. The van der Waals surface area contributed by atoms with Crippen LogP contribution in [0.3, 0.4) is 0 Å². The number of carbonyl (C=O) groups is 2. The Hall–Kier alpha value is -1.88. The summed E-state index contributed by atoms with van der Waals surface area (Å²) in [6.07, 6.45) is -11.7. The van der Waals surface area contributed by atoms with E-state index in [1.807, 2.05) is 0 Å². The first-order chi connectivity index (χ1) is 31.1. The van der Waals surface area contributed by atoms with Gasteiger partial charge in [0.2, 0.25) is 5.91 Å². The largest absolute Gasteiger partial charge is 0.481 e. The number of hydrogen-bond acceptors (Lipinski definition) is 16. The second-order valence-corrected chi connectivity index (χ2v) is 23.9. The normalized spacial score (nSPS) is 52.6. The third-order valence-corrected chi connectivity index (χ3v) is 19.3. The van der Waals surface area contributed by atoms with E-state index in [2.05, 4.69) is 59.9 Å². The van der Waals surface area contributed by atoms with E-state index in [4.69, 9.17) is 28.4 Å². The number of hydrogen-bond donors (Lipinski definition) is 10. The van der Waals surface area contributed by atoms with E-state index in [1.165, 1.54) is 19.4 Å². The van der Waals surface area contributed by atoms with E-state index in [-0.39, 0.29) is 40.6 Å². The summed E-state index contributed by atoms with van der Waals surface area (Å²) in [5.74, 6) is -1.22. The second-order valence-electron chi connectivity index (χ2n) is 23.9. The molecule has 0 aromatic carbocycles. The summed E-state index contributed by atoms with van der Waals surface area (Å²) >= 11 is 0. The number of amides is 1. The van der Waals surface area contributed by atoms with E-state index < -0.39 is 133 Å². The van der Waals surface area contributed by atoms with Crippen LogP contribution >= 0.6 is 0 Å². The molecule has 10 N–H and O–H groups in total. The number of aliphatic hydroxyl groups is 8. The third kappa shape index (κ3) is 8.26. The molecule has 8 rings (SSSR count). The Bertz CT molecular complexity index is 1880. The highest BCUT2D eigenvalue weighted by Gasteiger charge is 2.71. The molecule has 4 saturated carbocycles. The van der Waals surface area contributed by atoms with Crippen molar-refractivity contribution < 1.29 is 84.0 Å². The zero-order valence-corrected chi connectivity index (χ0v) is 40.6. The predicted octanol–water partition coefficient (Wildman–Crippen LogP) is 1.49. The molecule has 0 aromatic heterocycles. The van der Waals surface area contributed by atoms with Gasteiger partial charge in [0.25, 0.3) is 0 Å². The summed E-state index contributed by atoms with van der Waals surface area (Å²) in [6.45, 7) is 17.8. The maximum Gasteiger partial charge on any atom is 0.312 e. The lowest BCUT2D eigenvalue weighted by Gasteiger charge is -2.71. The minimum Gasteiger partial charge on any atom is -0.481 e. The predicted molar refractivity (Wildman–Crippen MR) is 236 cm³/mol. The van der Waals surface area contributed by atoms with E-state index in [9.17, 15) is 55.5 Å². The fourth-order valence-corrected chi connectivity index (χ4v) is 15.2. The SMILES string of the molecule is CC(=O)N[C@H]1[C@H](O[C@H]2CC[C@]3(C)[C@H]4CC=C5[C@@H]6CC(C)(C)CC[C@]6(C(=O)O)[C@H](O)C[C@@]5(C)[C@]4(C)CC[C@H]3C2(C)C)O[C@H](CO[C@@H]2O[C@H](C)[C@H](O)[C@H](O)[C@H]2O[C@@H]2OC[C@H](O)[C@H](O)[C@H]2O)[C@@H](O)[C@@H]1O. The maximum atomic E-state index is 13.2. The molecule has 0 unspecified atom stereocenters. The van der Waals surface area contributed by atoms with Crippen molar-refractivity contribution in [3.63, 3.8) is 0 Å². The summed E-state index contributed by atoms with van der Waals surface area (Å²) in [5.41, 5.74) is -1.27. The molecule has 23 atom stereocenters. The molecule has 3 aliphatic heterocycles. The van der Waals surface area contributed by atoms with Gasteiger partial charge in [0.1, 0.15) is 66.4 Å². The average molecular weight is 954 g/mol. The second kappa shape index (κ2) is 18.0. The minimum absolute atomic E-state index is 0.0448. The smallest absolute Gasteiger partial charge is 0.312 e. The van der Waals surface area contributed by atoms with Crippen LogP contribution in [-0.2, 0) is 38.0 Å². The van der Waals surface area contributed by atoms with Crippen LogP contribution in [0.4, 0.5) is 0 Å². The number of nitrogens with one attached hydrogen (secondary N) is 1. The molecule has 382 valence electrons. The van der Waals surface area contributed by atoms with Crippen molar-refractivity contribution in [1.82, 2.24) is 5.32 Å². The van der Waals surface area contributed by atoms with Gasteiger partial charge >= 0.3 is 5.97 Å². The molecule has 3 saturated heterocycles.